The van der Waals surface area contributed by atoms with Crippen molar-refractivity contribution in [1.82, 2.24) is 19.4 Å². The lowest BCUT2D eigenvalue weighted by Crippen LogP contribution is -2.17. The summed E-state index contributed by atoms with van der Waals surface area (Å²) in [6.07, 6.45) is 3.22. The highest BCUT2D eigenvalue weighted by Crippen LogP contribution is 2.23. The average Bonchev–Trinajstić information content (AvgIpc) is 2.69. The van der Waals surface area contributed by atoms with Crippen molar-refractivity contribution in [3.05, 3.63) is 77.3 Å². The standard InChI is InChI=1S/C19H14N4O2/c1-25-17-11-15(21-18(22-17)13-7-3-2-4-8-13)14-12-20-16-9-5-6-10-23(16)19(14)24/h2-12H,1H3. The second-order valence-electron chi connectivity index (χ2n) is 5.39. The maximum absolute atomic E-state index is 12.8. The van der Waals surface area contributed by atoms with Gasteiger partial charge in [0.15, 0.2) is 5.82 Å². The summed E-state index contributed by atoms with van der Waals surface area (Å²) in [6, 6.07) is 16.6. The van der Waals surface area contributed by atoms with Crippen LogP contribution in [0.15, 0.2) is 71.8 Å². The second-order valence-corrected chi connectivity index (χ2v) is 5.39. The zero-order chi connectivity index (χ0) is 17.2. The summed E-state index contributed by atoms with van der Waals surface area (Å²) in [5.74, 6) is 0.883. The van der Waals surface area contributed by atoms with E-state index in [1.165, 1.54) is 17.7 Å². The minimum Gasteiger partial charge on any atom is -0.481 e. The number of hydrogen-bond acceptors (Lipinski definition) is 5. The summed E-state index contributed by atoms with van der Waals surface area (Å²) >= 11 is 0. The average molecular weight is 330 g/mol. The SMILES string of the molecule is COc1cc(-c2cnc3ccccn3c2=O)nc(-c2ccccc2)n1. The van der Waals surface area contributed by atoms with Gasteiger partial charge in [-0.2, -0.15) is 4.98 Å². The molecule has 6 heteroatoms. The Morgan fingerprint density at radius 3 is 2.60 bits per heavy atom. The number of aromatic nitrogens is 4. The van der Waals surface area contributed by atoms with Crippen LogP contribution in [0.4, 0.5) is 0 Å². The van der Waals surface area contributed by atoms with Gasteiger partial charge in [-0.1, -0.05) is 36.4 Å². The van der Waals surface area contributed by atoms with E-state index in [9.17, 15) is 4.79 Å². The third-order valence-corrected chi connectivity index (χ3v) is 3.83. The van der Waals surface area contributed by atoms with Crippen LogP contribution in [-0.4, -0.2) is 26.5 Å². The molecule has 3 heterocycles. The molecule has 4 rings (SSSR count). The molecular weight excluding hydrogens is 316 g/mol. The molecule has 0 radical (unpaired) electrons. The molecule has 0 aliphatic carbocycles. The summed E-state index contributed by atoms with van der Waals surface area (Å²) in [5, 5.41) is 0. The molecule has 0 spiro atoms. The van der Waals surface area contributed by atoms with Gasteiger partial charge in [-0.3, -0.25) is 9.20 Å². The Morgan fingerprint density at radius 2 is 1.80 bits per heavy atom. The quantitative estimate of drug-likeness (QED) is 0.578. The zero-order valence-corrected chi connectivity index (χ0v) is 13.5. The minimum absolute atomic E-state index is 0.189. The van der Waals surface area contributed by atoms with Crippen LogP contribution in [0.2, 0.25) is 0 Å². The van der Waals surface area contributed by atoms with E-state index in [0.717, 1.165) is 5.56 Å². The molecular formula is C19H14N4O2. The third kappa shape index (κ3) is 2.74. The van der Waals surface area contributed by atoms with Gasteiger partial charge in [-0.15, -0.1) is 0 Å². The summed E-state index contributed by atoms with van der Waals surface area (Å²) in [4.78, 5) is 26.1. The Bertz CT molecular complexity index is 1110. The zero-order valence-electron chi connectivity index (χ0n) is 13.5. The number of rotatable bonds is 3. The van der Waals surface area contributed by atoms with E-state index in [4.69, 9.17) is 4.74 Å². The van der Waals surface area contributed by atoms with Crippen LogP contribution in [0.25, 0.3) is 28.3 Å². The molecule has 0 fully saturated rings. The van der Waals surface area contributed by atoms with Crippen molar-refractivity contribution in [3.8, 4) is 28.5 Å². The molecule has 122 valence electrons. The fraction of sp³-hybridized carbons (Fsp3) is 0.0526. The van der Waals surface area contributed by atoms with Gasteiger partial charge in [0.25, 0.3) is 5.56 Å². The van der Waals surface area contributed by atoms with E-state index in [1.54, 1.807) is 24.4 Å². The number of ether oxygens (including phenoxy) is 1. The Balaban J connectivity index is 1.94. The maximum Gasteiger partial charge on any atom is 0.267 e. The molecule has 1 aromatic carbocycles. The van der Waals surface area contributed by atoms with Crippen molar-refractivity contribution in [2.75, 3.05) is 7.11 Å². The van der Waals surface area contributed by atoms with E-state index in [1.807, 2.05) is 36.4 Å². The van der Waals surface area contributed by atoms with Gasteiger partial charge in [-0.25, -0.2) is 9.97 Å². The van der Waals surface area contributed by atoms with E-state index >= 15 is 0 Å². The van der Waals surface area contributed by atoms with Crippen molar-refractivity contribution in [2.24, 2.45) is 0 Å². The topological polar surface area (TPSA) is 69.4 Å². The lowest BCUT2D eigenvalue weighted by atomic mass is 10.2. The van der Waals surface area contributed by atoms with Crippen molar-refractivity contribution in [1.29, 1.82) is 0 Å². The smallest absolute Gasteiger partial charge is 0.267 e. The molecule has 25 heavy (non-hydrogen) atoms. The van der Waals surface area contributed by atoms with Crippen molar-refractivity contribution in [2.45, 2.75) is 0 Å². The summed E-state index contributed by atoms with van der Waals surface area (Å²) in [5.41, 5.74) is 2.10. The lowest BCUT2D eigenvalue weighted by Gasteiger charge is -2.08. The molecule has 6 nitrogen and oxygen atoms in total. The fourth-order valence-electron chi connectivity index (χ4n) is 2.59. The first-order chi connectivity index (χ1) is 12.3. The largest absolute Gasteiger partial charge is 0.481 e. The van der Waals surface area contributed by atoms with Crippen LogP contribution in [0, 0.1) is 0 Å². The Hall–Kier alpha value is -3.54. The predicted molar refractivity (Wildman–Crippen MR) is 94.5 cm³/mol. The highest BCUT2D eigenvalue weighted by atomic mass is 16.5. The number of methoxy groups -OCH3 is 1. The first-order valence-corrected chi connectivity index (χ1v) is 7.71. The molecule has 0 bridgehead atoms. The first kappa shape index (κ1) is 15.0. The third-order valence-electron chi connectivity index (χ3n) is 3.83. The number of pyridine rings is 1. The molecule has 0 aliphatic rings. The van der Waals surface area contributed by atoms with Gasteiger partial charge in [0.2, 0.25) is 5.88 Å². The highest BCUT2D eigenvalue weighted by Gasteiger charge is 2.13. The minimum atomic E-state index is -0.189. The number of benzene rings is 1. The second kappa shape index (κ2) is 6.16. The molecule has 3 aromatic heterocycles. The molecule has 0 saturated carbocycles. The van der Waals surface area contributed by atoms with Crippen LogP contribution in [0.3, 0.4) is 0 Å². The molecule has 0 N–H and O–H groups in total. The van der Waals surface area contributed by atoms with Crippen LogP contribution >= 0.6 is 0 Å². The molecule has 0 amide bonds. The van der Waals surface area contributed by atoms with E-state index in [2.05, 4.69) is 15.0 Å². The number of fused-ring (bicyclic) bond motifs is 1. The number of nitrogens with zero attached hydrogens (tertiary/aromatic N) is 4. The van der Waals surface area contributed by atoms with Gasteiger partial charge in [0.05, 0.1) is 18.4 Å². The lowest BCUT2D eigenvalue weighted by molar-refractivity contribution is 0.397. The van der Waals surface area contributed by atoms with Crippen molar-refractivity contribution >= 4 is 5.65 Å². The summed E-state index contributed by atoms with van der Waals surface area (Å²) in [6.45, 7) is 0. The Kier molecular flexibility index (Phi) is 3.70. The summed E-state index contributed by atoms with van der Waals surface area (Å²) in [7, 11) is 1.53. The van der Waals surface area contributed by atoms with Crippen molar-refractivity contribution < 1.29 is 4.74 Å². The van der Waals surface area contributed by atoms with Crippen LogP contribution < -0.4 is 10.3 Å². The van der Waals surface area contributed by atoms with Crippen molar-refractivity contribution in [3.63, 3.8) is 0 Å². The van der Waals surface area contributed by atoms with Gasteiger partial charge in [0, 0.05) is 24.0 Å². The van der Waals surface area contributed by atoms with Gasteiger partial charge in [0.1, 0.15) is 5.65 Å². The van der Waals surface area contributed by atoms with Gasteiger partial charge < -0.3 is 4.74 Å². The Labute approximate surface area is 143 Å². The molecule has 0 atom stereocenters. The fourth-order valence-corrected chi connectivity index (χ4v) is 2.59. The van der Waals surface area contributed by atoms with E-state index in [-0.39, 0.29) is 5.56 Å². The number of hydrogen-bond donors (Lipinski definition) is 0. The highest BCUT2D eigenvalue weighted by molar-refractivity contribution is 5.64. The maximum atomic E-state index is 12.8. The monoisotopic (exact) mass is 330 g/mol. The van der Waals surface area contributed by atoms with E-state index in [0.29, 0.717) is 28.6 Å². The molecule has 0 unspecified atom stereocenters. The predicted octanol–water partition coefficient (Wildman–Crippen LogP) is 2.83. The summed E-state index contributed by atoms with van der Waals surface area (Å²) < 4.78 is 6.78. The molecule has 4 aromatic rings. The first-order valence-electron chi connectivity index (χ1n) is 7.71. The Morgan fingerprint density at radius 1 is 1.00 bits per heavy atom. The van der Waals surface area contributed by atoms with Gasteiger partial charge in [-0.05, 0) is 12.1 Å². The van der Waals surface area contributed by atoms with Crippen LogP contribution in [0.1, 0.15) is 0 Å². The van der Waals surface area contributed by atoms with Crippen LogP contribution in [0.5, 0.6) is 5.88 Å². The molecule has 0 saturated heterocycles. The van der Waals surface area contributed by atoms with Crippen LogP contribution in [-0.2, 0) is 0 Å². The normalized spacial score (nSPS) is 10.8. The van der Waals surface area contributed by atoms with Gasteiger partial charge >= 0.3 is 0 Å². The van der Waals surface area contributed by atoms with E-state index < -0.39 is 0 Å². The molecule has 0 aliphatic heterocycles.